The van der Waals surface area contributed by atoms with Crippen molar-refractivity contribution in [1.82, 2.24) is 9.97 Å². The number of aromatic nitrogens is 2. The van der Waals surface area contributed by atoms with E-state index in [1.807, 2.05) is 6.92 Å². The molecule has 0 radical (unpaired) electrons. The van der Waals surface area contributed by atoms with Gasteiger partial charge in [0.1, 0.15) is 22.2 Å². The van der Waals surface area contributed by atoms with Crippen LogP contribution in [0.4, 0.5) is 5.69 Å². The normalized spacial score (nSPS) is 10.9. The van der Waals surface area contributed by atoms with Gasteiger partial charge >= 0.3 is 0 Å². The number of benzene rings is 2. The molecule has 9 nitrogen and oxygen atoms in total. The smallest absolute Gasteiger partial charge is 0.204 e. The second-order valence-electron chi connectivity index (χ2n) is 6.76. The number of fused-ring (bicyclic) bond motifs is 2. The molecule has 9 heteroatoms. The summed E-state index contributed by atoms with van der Waals surface area (Å²) in [6.07, 6.45) is 3.22. The van der Waals surface area contributed by atoms with Gasteiger partial charge in [0.15, 0.2) is 34.4 Å². The molecule has 0 amide bonds. The molecule has 32 heavy (non-hydrogen) atoms. The largest absolute Gasteiger partial charge is 0.494 e. The number of hydrogen-bond acceptors (Lipinski definition) is 9. The molecule has 1 N–H and O–H groups in total. The Kier molecular flexibility index (Phi) is 5.72. The third kappa shape index (κ3) is 3.22. The van der Waals surface area contributed by atoms with Crippen molar-refractivity contribution in [3.05, 3.63) is 40.8 Å². The number of nitrogens with zero attached hydrogens (tertiary/aromatic N) is 2. The van der Waals surface area contributed by atoms with Gasteiger partial charge in [0.05, 0.1) is 33.8 Å². The number of anilines is 1. The lowest BCUT2D eigenvalue weighted by Crippen LogP contribution is -2.11. The van der Waals surface area contributed by atoms with E-state index in [1.165, 1.54) is 28.4 Å². The molecule has 2 heterocycles. The van der Waals surface area contributed by atoms with E-state index >= 15 is 0 Å². The second-order valence-corrected chi connectivity index (χ2v) is 6.76. The van der Waals surface area contributed by atoms with Crippen LogP contribution in [0.3, 0.4) is 0 Å². The van der Waals surface area contributed by atoms with Gasteiger partial charge in [-0.25, -0.2) is 9.97 Å². The molecular formula is C23H23N3O6. The fourth-order valence-electron chi connectivity index (χ4n) is 3.74. The number of rotatable bonds is 7. The van der Waals surface area contributed by atoms with Gasteiger partial charge in [0.25, 0.3) is 0 Å². The minimum atomic E-state index is -0.293. The van der Waals surface area contributed by atoms with Gasteiger partial charge in [-0.15, -0.1) is 0 Å². The maximum absolute atomic E-state index is 13.7. The van der Waals surface area contributed by atoms with Crippen LogP contribution < -0.4 is 29.7 Å². The van der Waals surface area contributed by atoms with Crippen LogP contribution in [0.1, 0.15) is 6.92 Å². The summed E-state index contributed by atoms with van der Waals surface area (Å²) in [5, 5.41) is 3.80. The average molecular weight is 437 g/mol. The highest BCUT2D eigenvalue weighted by atomic mass is 16.5. The van der Waals surface area contributed by atoms with Crippen molar-refractivity contribution < 1.29 is 23.4 Å². The lowest BCUT2D eigenvalue weighted by molar-refractivity contribution is 0.355. The van der Waals surface area contributed by atoms with Gasteiger partial charge in [-0.2, -0.15) is 0 Å². The van der Waals surface area contributed by atoms with Crippen molar-refractivity contribution in [2.24, 2.45) is 0 Å². The number of methoxy groups -OCH3 is 4. The zero-order chi connectivity index (χ0) is 22.8. The monoisotopic (exact) mass is 437 g/mol. The standard InChI is InChI=1S/C23H23N3O6/c1-6-24-18-21(30-4)16-19(27)12-10-14(28-2)15(29-3)11-13(12)32-20(16)17(22(18)31-5)23-25-8-7-9-26-23/h7-11,24H,6H2,1-5H3. The summed E-state index contributed by atoms with van der Waals surface area (Å²) in [7, 11) is 6.04. The predicted molar refractivity (Wildman–Crippen MR) is 121 cm³/mol. The van der Waals surface area contributed by atoms with Crippen LogP contribution >= 0.6 is 0 Å². The van der Waals surface area contributed by atoms with Crippen LogP contribution in [0.5, 0.6) is 23.0 Å². The van der Waals surface area contributed by atoms with E-state index in [-0.39, 0.29) is 16.4 Å². The van der Waals surface area contributed by atoms with Crippen molar-refractivity contribution in [1.29, 1.82) is 0 Å². The summed E-state index contributed by atoms with van der Waals surface area (Å²) in [4.78, 5) is 22.5. The highest BCUT2D eigenvalue weighted by Crippen LogP contribution is 2.48. The molecular weight excluding hydrogens is 414 g/mol. The van der Waals surface area contributed by atoms with E-state index in [2.05, 4.69) is 15.3 Å². The van der Waals surface area contributed by atoms with Crippen LogP contribution in [0.25, 0.3) is 33.3 Å². The highest BCUT2D eigenvalue weighted by Gasteiger charge is 2.28. The van der Waals surface area contributed by atoms with Crippen LogP contribution in [0, 0.1) is 0 Å². The number of hydrogen-bond donors (Lipinski definition) is 1. The molecule has 0 unspecified atom stereocenters. The molecule has 166 valence electrons. The third-order valence-electron chi connectivity index (χ3n) is 5.08. The molecule has 0 fully saturated rings. The first-order chi connectivity index (χ1) is 15.6. The molecule has 4 aromatic rings. The SMILES string of the molecule is CCNc1c(OC)c(-c2ncccn2)c2oc3cc(OC)c(OC)cc3c(=O)c2c1OC. The third-order valence-corrected chi connectivity index (χ3v) is 5.08. The summed E-state index contributed by atoms with van der Waals surface area (Å²) >= 11 is 0. The molecule has 2 aromatic carbocycles. The van der Waals surface area contributed by atoms with E-state index in [0.717, 1.165) is 0 Å². The van der Waals surface area contributed by atoms with Crippen LogP contribution in [-0.4, -0.2) is 45.0 Å². The van der Waals surface area contributed by atoms with E-state index in [1.54, 1.807) is 30.6 Å². The second kappa shape index (κ2) is 8.62. The maximum atomic E-state index is 13.7. The molecule has 0 spiro atoms. The summed E-state index contributed by atoms with van der Waals surface area (Å²) in [5.74, 6) is 1.91. The number of nitrogens with one attached hydrogen (secondary N) is 1. The quantitative estimate of drug-likeness (QED) is 0.431. The molecule has 0 bridgehead atoms. The van der Waals surface area contributed by atoms with Crippen molar-refractivity contribution in [3.63, 3.8) is 0 Å². The molecule has 0 atom stereocenters. The van der Waals surface area contributed by atoms with Crippen molar-refractivity contribution in [2.75, 3.05) is 40.3 Å². The first-order valence-corrected chi connectivity index (χ1v) is 9.91. The minimum Gasteiger partial charge on any atom is -0.494 e. The van der Waals surface area contributed by atoms with E-state index in [4.69, 9.17) is 23.4 Å². The predicted octanol–water partition coefficient (Wildman–Crippen LogP) is 3.87. The molecule has 0 aliphatic heterocycles. The fourth-order valence-corrected chi connectivity index (χ4v) is 3.74. The first-order valence-electron chi connectivity index (χ1n) is 9.91. The van der Waals surface area contributed by atoms with Crippen molar-refractivity contribution >= 4 is 27.6 Å². The first kappa shape index (κ1) is 21.2. The van der Waals surface area contributed by atoms with E-state index in [9.17, 15) is 4.79 Å². The molecule has 0 aliphatic rings. The van der Waals surface area contributed by atoms with E-state index < -0.39 is 0 Å². The van der Waals surface area contributed by atoms with Crippen LogP contribution in [0.15, 0.2) is 39.8 Å². The lowest BCUT2D eigenvalue weighted by atomic mass is 10.0. The summed E-state index contributed by atoms with van der Waals surface area (Å²) in [6.45, 7) is 2.50. The Balaban J connectivity index is 2.28. The van der Waals surface area contributed by atoms with Gasteiger partial charge in [-0.05, 0) is 19.1 Å². The van der Waals surface area contributed by atoms with E-state index in [0.29, 0.717) is 57.6 Å². The molecule has 0 saturated heterocycles. The van der Waals surface area contributed by atoms with Crippen LogP contribution in [-0.2, 0) is 0 Å². The maximum Gasteiger partial charge on any atom is 0.204 e. The zero-order valence-corrected chi connectivity index (χ0v) is 18.4. The number of ether oxygens (including phenoxy) is 4. The Morgan fingerprint density at radius 1 is 0.938 bits per heavy atom. The average Bonchev–Trinajstić information content (AvgIpc) is 2.83. The molecule has 0 aliphatic carbocycles. The summed E-state index contributed by atoms with van der Waals surface area (Å²) in [5.41, 5.74) is 1.22. The van der Waals surface area contributed by atoms with Crippen molar-refractivity contribution in [3.8, 4) is 34.4 Å². The Labute approximate surface area is 183 Å². The van der Waals surface area contributed by atoms with Crippen LogP contribution in [0.2, 0.25) is 0 Å². The molecule has 4 rings (SSSR count). The highest BCUT2D eigenvalue weighted by molar-refractivity contribution is 6.07. The Morgan fingerprint density at radius 2 is 1.59 bits per heavy atom. The fraction of sp³-hybridized carbons (Fsp3) is 0.261. The minimum absolute atomic E-state index is 0.242. The van der Waals surface area contributed by atoms with Gasteiger partial charge in [0.2, 0.25) is 5.43 Å². The zero-order valence-electron chi connectivity index (χ0n) is 18.4. The lowest BCUT2D eigenvalue weighted by Gasteiger charge is -2.20. The summed E-state index contributed by atoms with van der Waals surface area (Å²) < 4.78 is 28.4. The molecule has 2 aromatic heterocycles. The molecule has 0 saturated carbocycles. The topological polar surface area (TPSA) is 105 Å². The Hall–Kier alpha value is -4.01. The van der Waals surface area contributed by atoms with Crippen molar-refractivity contribution in [2.45, 2.75) is 6.92 Å². The Bertz CT molecular complexity index is 1350. The Morgan fingerprint density at radius 3 is 2.19 bits per heavy atom. The van der Waals surface area contributed by atoms with Gasteiger partial charge < -0.3 is 28.7 Å². The summed E-state index contributed by atoms with van der Waals surface area (Å²) in [6, 6.07) is 4.91. The van der Waals surface area contributed by atoms with Gasteiger partial charge in [-0.3, -0.25) is 4.79 Å². The van der Waals surface area contributed by atoms with Gasteiger partial charge in [0, 0.05) is 25.0 Å². The van der Waals surface area contributed by atoms with Gasteiger partial charge in [-0.1, -0.05) is 0 Å².